The van der Waals surface area contributed by atoms with E-state index in [2.05, 4.69) is 9.97 Å². The molecule has 2 heterocycles. The van der Waals surface area contributed by atoms with Gasteiger partial charge in [-0.2, -0.15) is 0 Å². The Balaban J connectivity index is 2.03. The summed E-state index contributed by atoms with van der Waals surface area (Å²) in [4.78, 5) is 9.15. The van der Waals surface area contributed by atoms with E-state index in [1.807, 2.05) is 54.6 Å². The Labute approximate surface area is 143 Å². The maximum Gasteiger partial charge on any atom is 0.213 e. The number of methoxy groups -OCH3 is 1. The third kappa shape index (κ3) is 2.61. The zero-order valence-corrected chi connectivity index (χ0v) is 13.6. The van der Waals surface area contributed by atoms with Crippen molar-refractivity contribution in [1.29, 1.82) is 0 Å². The fourth-order valence-corrected chi connectivity index (χ4v) is 2.73. The van der Waals surface area contributed by atoms with Crippen LogP contribution in [-0.4, -0.2) is 17.1 Å². The van der Waals surface area contributed by atoms with Crippen LogP contribution < -0.4 is 9.47 Å². The largest absolute Gasteiger partial charge is 0.481 e. The van der Waals surface area contributed by atoms with E-state index >= 15 is 0 Å². The first-order chi connectivity index (χ1) is 11.7. The lowest BCUT2D eigenvalue weighted by Crippen LogP contribution is -1.95. The number of pyridine rings is 2. The minimum Gasteiger partial charge on any atom is -0.481 e. The number of benzene rings is 2. The molecule has 0 aliphatic carbocycles. The highest BCUT2D eigenvalue weighted by molar-refractivity contribution is 6.31. The molecule has 24 heavy (non-hydrogen) atoms. The third-order valence-corrected chi connectivity index (χ3v) is 3.92. The average molecular weight is 337 g/mol. The molecule has 0 atom stereocenters. The molecule has 5 heteroatoms. The van der Waals surface area contributed by atoms with Crippen molar-refractivity contribution >= 4 is 33.5 Å². The summed E-state index contributed by atoms with van der Waals surface area (Å²) in [5.41, 5.74) is 2.12. The second-order valence-corrected chi connectivity index (χ2v) is 5.68. The predicted molar refractivity (Wildman–Crippen MR) is 95.1 cm³/mol. The summed E-state index contributed by atoms with van der Waals surface area (Å²) in [5.74, 6) is 1.87. The summed E-state index contributed by atoms with van der Waals surface area (Å²) in [6.45, 7) is 0. The molecular formula is C19H13ClN2O2. The van der Waals surface area contributed by atoms with E-state index < -0.39 is 0 Å². The van der Waals surface area contributed by atoms with Crippen LogP contribution in [0.5, 0.6) is 17.4 Å². The topological polar surface area (TPSA) is 44.2 Å². The quantitative estimate of drug-likeness (QED) is 0.480. The van der Waals surface area contributed by atoms with Crippen molar-refractivity contribution in [2.75, 3.05) is 7.11 Å². The normalized spacial score (nSPS) is 10.9. The minimum atomic E-state index is 0.510. The zero-order chi connectivity index (χ0) is 16.5. The van der Waals surface area contributed by atoms with Crippen molar-refractivity contribution in [1.82, 2.24) is 9.97 Å². The molecule has 118 valence electrons. The highest BCUT2D eigenvalue weighted by Gasteiger charge is 2.14. The number of halogens is 1. The summed E-state index contributed by atoms with van der Waals surface area (Å²) in [5, 5.41) is 1.47. The van der Waals surface area contributed by atoms with Crippen LogP contribution in [0, 0.1) is 0 Å². The van der Waals surface area contributed by atoms with Gasteiger partial charge in [0.1, 0.15) is 11.3 Å². The second-order valence-electron chi connectivity index (χ2n) is 5.24. The maximum atomic E-state index is 6.14. The van der Waals surface area contributed by atoms with Gasteiger partial charge in [-0.1, -0.05) is 29.8 Å². The van der Waals surface area contributed by atoms with Crippen LogP contribution in [0.25, 0.3) is 21.9 Å². The average Bonchev–Trinajstić information content (AvgIpc) is 2.62. The van der Waals surface area contributed by atoms with E-state index in [0.717, 1.165) is 22.2 Å². The molecule has 0 N–H and O–H groups in total. The molecule has 0 saturated carbocycles. The van der Waals surface area contributed by atoms with E-state index in [0.29, 0.717) is 22.2 Å². The molecule has 0 amide bonds. The van der Waals surface area contributed by atoms with E-state index in [4.69, 9.17) is 21.1 Å². The predicted octanol–water partition coefficient (Wildman–Crippen LogP) is 5.24. The van der Waals surface area contributed by atoms with Gasteiger partial charge in [-0.15, -0.1) is 0 Å². The molecule has 4 nitrogen and oxygen atoms in total. The van der Waals surface area contributed by atoms with Crippen LogP contribution in [0.3, 0.4) is 0 Å². The smallest absolute Gasteiger partial charge is 0.213 e. The van der Waals surface area contributed by atoms with E-state index in [1.165, 1.54) is 0 Å². The van der Waals surface area contributed by atoms with Gasteiger partial charge in [0.25, 0.3) is 0 Å². The van der Waals surface area contributed by atoms with Crippen LogP contribution in [0.1, 0.15) is 0 Å². The van der Waals surface area contributed by atoms with Crippen LogP contribution >= 0.6 is 11.6 Å². The fourth-order valence-electron chi connectivity index (χ4n) is 2.56. The lowest BCUT2D eigenvalue weighted by atomic mass is 10.1. The summed E-state index contributed by atoms with van der Waals surface area (Å²) in [6.07, 6.45) is 0. The lowest BCUT2D eigenvalue weighted by molar-refractivity contribution is 0.399. The van der Waals surface area contributed by atoms with Crippen molar-refractivity contribution in [3.63, 3.8) is 0 Å². The highest BCUT2D eigenvalue weighted by atomic mass is 35.5. The van der Waals surface area contributed by atoms with Gasteiger partial charge >= 0.3 is 0 Å². The van der Waals surface area contributed by atoms with Gasteiger partial charge in [0.15, 0.2) is 5.75 Å². The monoisotopic (exact) mass is 336 g/mol. The molecule has 0 fully saturated rings. The summed E-state index contributed by atoms with van der Waals surface area (Å²) in [7, 11) is 1.58. The number of hydrogen-bond acceptors (Lipinski definition) is 4. The van der Waals surface area contributed by atoms with Gasteiger partial charge in [-0.25, -0.2) is 9.97 Å². The molecular weight excluding hydrogens is 324 g/mol. The Morgan fingerprint density at radius 1 is 0.875 bits per heavy atom. The number of hydrogen-bond donors (Lipinski definition) is 0. The van der Waals surface area contributed by atoms with Gasteiger partial charge < -0.3 is 9.47 Å². The number of nitrogens with zero attached hydrogens (tertiary/aromatic N) is 2. The third-order valence-electron chi connectivity index (χ3n) is 3.68. The summed E-state index contributed by atoms with van der Waals surface area (Å²) in [6, 6.07) is 18.7. The SMILES string of the molecule is COc1ccc2nc3cc(Cl)ccc3c(Oc3ccccc3)c2n1. The summed E-state index contributed by atoms with van der Waals surface area (Å²) < 4.78 is 11.4. The molecule has 2 aromatic heterocycles. The Kier molecular flexibility index (Phi) is 3.67. The molecule has 0 bridgehead atoms. The van der Waals surface area contributed by atoms with Gasteiger partial charge in [0, 0.05) is 16.5 Å². The first-order valence-electron chi connectivity index (χ1n) is 7.41. The molecule has 4 rings (SSSR count). The number of aromatic nitrogens is 2. The number of ether oxygens (including phenoxy) is 2. The van der Waals surface area contributed by atoms with Crippen molar-refractivity contribution in [2.45, 2.75) is 0 Å². The number of fused-ring (bicyclic) bond motifs is 2. The highest BCUT2D eigenvalue weighted by Crippen LogP contribution is 2.36. The van der Waals surface area contributed by atoms with Crippen molar-refractivity contribution in [3.05, 3.63) is 65.7 Å². The second kappa shape index (κ2) is 5.98. The Bertz CT molecular complexity index is 1040. The van der Waals surface area contributed by atoms with E-state index in [1.54, 1.807) is 13.2 Å². The molecule has 0 radical (unpaired) electrons. The van der Waals surface area contributed by atoms with Gasteiger partial charge in [0.2, 0.25) is 5.88 Å². The standard InChI is InChI=1S/C19H13ClN2O2/c1-23-17-10-9-15-18(22-17)19(24-13-5-3-2-4-6-13)14-8-7-12(20)11-16(14)21-15/h2-11H,1H3. The van der Waals surface area contributed by atoms with E-state index in [-0.39, 0.29) is 0 Å². The Hall–Kier alpha value is -2.85. The van der Waals surface area contributed by atoms with Crippen molar-refractivity contribution in [3.8, 4) is 17.4 Å². The zero-order valence-electron chi connectivity index (χ0n) is 12.9. The Morgan fingerprint density at radius 2 is 1.71 bits per heavy atom. The minimum absolute atomic E-state index is 0.510. The molecule has 0 aliphatic heterocycles. The van der Waals surface area contributed by atoms with Crippen LogP contribution in [0.15, 0.2) is 60.7 Å². The van der Waals surface area contributed by atoms with Gasteiger partial charge in [-0.3, -0.25) is 0 Å². The molecule has 0 unspecified atom stereocenters. The van der Waals surface area contributed by atoms with Crippen molar-refractivity contribution in [2.24, 2.45) is 0 Å². The number of para-hydroxylation sites is 1. The first-order valence-corrected chi connectivity index (χ1v) is 7.79. The molecule has 2 aromatic carbocycles. The summed E-state index contributed by atoms with van der Waals surface area (Å²) >= 11 is 6.11. The molecule has 0 aliphatic rings. The fraction of sp³-hybridized carbons (Fsp3) is 0.0526. The van der Waals surface area contributed by atoms with Crippen LogP contribution in [0.2, 0.25) is 5.02 Å². The van der Waals surface area contributed by atoms with Crippen LogP contribution in [0.4, 0.5) is 0 Å². The maximum absolute atomic E-state index is 6.14. The number of rotatable bonds is 3. The van der Waals surface area contributed by atoms with Crippen LogP contribution in [-0.2, 0) is 0 Å². The van der Waals surface area contributed by atoms with Gasteiger partial charge in [0.05, 0.1) is 18.1 Å². The molecule has 0 saturated heterocycles. The van der Waals surface area contributed by atoms with Gasteiger partial charge in [-0.05, 0) is 36.4 Å². The molecule has 0 spiro atoms. The van der Waals surface area contributed by atoms with E-state index in [9.17, 15) is 0 Å². The first kappa shape index (κ1) is 14.7. The Morgan fingerprint density at radius 3 is 2.50 bits per heavy atom. The lowest BCUT2D eigenvalue weighted by Gasteiger charge is -2.12. The molecule has 4 aromatic rings. The van der Waals surface area contributed by atoms with Crippen molar-refractivity contribution < 1.29 is 9.47 Å².